The maximum Gasteiger partial charge on any atom is 0.325 e. The molecule has 3 amide bonds. The van der Waals surface area contributed by atoms with Crippen LogP contribution in [0.5, 0.6) is 0 Å². The molecule has 2 aliphatic heterocycles. The number of nitrogens with zero attached hydrogens (tertiary/aromatic N) is 3. The molecule has 0 spiro atoms. The first-order valence-electron chi connectivity index (χ1n) is 9.97. The van der Waals surface area contributed by atoms with Crippen LogP contribution in [-0.2, 0) is 10.5 Å². The Labute approximate surface area is 175 Å². The van der Waals surface area contributed by atoms with E-state index in [-0.39, 0.29) is 11.9 Å². The molecule has 0 aromatic heterocycles. The number of imide groups is 1. The van der Waals surface area contributed by atoms with Crippen molar-refractivity contribution in [2.75, 3.05) is 13.6 Å². The van der Waals surface area contributed by atoms with E-state index < -0.39 is 12.2 Å². The molecule has 2 atom stereocenters. The Kier molecular flexibility index (Phi) is 5.50. The fraction of sp³-hybridized carbons (Fsp3) is 0.409. The summed E-state index contributed by atoms with van der Waals surface area (Å²) >= 11 is 1.64. The number of amides is 3. The Morgan fingerprint density at radius 3 is 2.69 bits per heavy atom. The number of amidine groups is 1. The maximum absolute atomic E-state index is 12.6. The smallest absolute Gasteiger partial charge is 0.325 e. The third-order valence-electron chi connectivity index (χ3n) is 5.51. The van der Waals surface area contributed by atoms with Crippen molar-refractivity contribution >= 4 is 39.6 Å². The fourth-order valence-electron chi connectivity index (χ4n) is 3.81. The zero-order chi connectivity index (χ0) is 20.5. The van der Waals surface area contributed by atoms with E-state index in [0.717, 1.165) is 23.9 Å². The van der Waals surface area contributed by atoms with E-state index in [2.05, 4.69) is 60.5 Å². The Morgan fingerprint density at radius 1 is 1.14 bits per heavy atom. The molecular weight excluding hydrogens is 384 g/mol. The van der Waals surface area contributed by atoms with Crippen LogP contribution in [0.2, 0.25) is 0 Å². The third-order valence-corrected chi connectivity index (χ3v) is 6.56. The Balaban J connectivity index is 1.59. The van der Waals surface area contributed by atoms with Gasteiger partial charge in [-0.3, -0.25) is 10.1 Å². The number of carbonyl (C=O) groups excluding carboxylic acids is 2. The minimum Gasteiger partial charge on any atom is -0.336 e. The Bertz CT molecular complexity index is 969. The van der Waals surface area contributed by atoms with Crippen LogP contribution in [0.1, 0.15) is 25.8 Å². The van der Waals surface area contributed by atoms with Crippen LogP contribution in [0.25, 0.3) is 10.8 Å². The van der Waals surface area contributed by atoms with Gasteiger partial charge in [-0.15, -0.1) is 0 Å². The van der Waals surface area contributed by atoms with Gasteiger partial charge in [-0.2, -0.15) is 0 Å². The Morgan fingerprint density at radius 2 is 1.90 bits per heavy atom. The number of thioether (sulfide) groups is 1. The van der Waals surface area contributed by atoms with Gasteiger partial charge in [0.05, 0.1) is 0 Å². The summed E-state index contributed by atoms with van der Waals surface area (Å²) in [5, 5.41) is 5.75. The highest BCUT2D eigenvalue weighted by Crippen LogP contribution is 2.31. The molecule has 2 aromatic carbocycles. The van der Waals surface area contributed by atoms with E-state index in [1.54, 1.807) is 18.8 Å². The summed E-state index contributed by atoms with van der Waals surface area (Å²) in [5.41, 5.74) is 1.24. The molecule has 0 saturated carbocycles. The molecule has 1 N–H and O–H groups in total. The van der Waals surface area contributed by atoms with Crippen molar-refractivity contribution < 1.29 is 9.59 Å². The molecule has 2 aliphatic rings. The van der Waals surface area contributed by atoms with Crippen LogP contribution in [-0.4, -0.2) is 52.7 Å². The Hall–Kier alpha value is -2.54. The van der Waals surface area contributed by atoms with Gasteiger partial charge in [-0.25, -0.2) is 9.79 Å². The van der Waals surface area contributed by atoms with Gasteiger partial charge in [0.2, 0.25) is 0 Å². The summed E-state index contributed by atoms with van der Waals surface area (Å²) < 4.78 is 0. The highest BCUT2D eigenvalue weighted by Gasteiger charge is 2.48. The van der Waals surface area contributed by atoms with Gasteiger partial charge in [-0.05, 0) is 28.7 Å². The largest absolute Gasteiger partial charge is 0.336 e. The van der Waals surface area contributed by atoms with E-state index in [9.17, 15) is 9.59 Å². The maximum atomic E-state index is 12.6. The van der Waals surface area contributed by atoms with Gasteiger partial charge in [0.25, 0.3) is 5.91 Å². The van der Waals surface area contributed by atoms with Crippen LogP contribution in [0.15, 0.2) is 47.5 Å². The van der Waals surface area contributed by atoms with Crippen molar-refractivity contribution in [2.45, 2.75) is 38.2 Å². The van der Waals surface area contributed by atoms with Crippen LogP contribution >= 0.6 is 11.8 Å². The topological polar surface area (TPSA) is 65.0 Å². The predicted molar refractivity (Wildman–Crippen MR) is 118 cm³/mol. The standard InChI is InChI=1S/C22H26N4O2S/c1-14(2)11-12-26-18-19(25(3)21(28)24-20(18)27)23-22(26)29-13-16-9-6-8-15-7-4-5-10-17(15)16/h4-10,14,18-19H,11-13H2,1-3H3,(H,24,27,28). The summed E-state index contributed by atoms with van der Waals surface area (Å²) in [6.07, 6.45) is 0.501. The minimum atomic E-state index is -0.460. The molecule has 0 bridgehead atoms. The number of benzene rings is 2. The zero-order valence-corrected chi connectivity index (χ0v) is 17.8. The van der Waals surface area contributed by atoms with Gasteiger partial charge in [0.15, 0.2) is 17.4 Å². The first-order chi connectivity index (χ1) is 14.0. The number of fused-ring (bicyclic) bond motifs is 2. The number of hydrogen-bond donors (Lipinski definition) is 1. The zero-order valence-electron chi connectivity index (χ0n) is 17.0. The number of nitrogens with one attached hydrogen (secondary N) is 1. The molecule has 7 heteroatoms. The third kappa shape index (κ3) is 3.83. The number of aliphatic imine (C=N–C) groups is 1. The number of urea groups is 1. The molecular formula is C22H26N4O2S. The lowest BCUT2D eigenvalue weighted by molar-refractivity contribution is -0.127. The summed E-state index contributed by atoms with van der Waals surface area (Å²) in [7, 11) is 1.70. The van der Waals surface area contributed by atoms with Crippen molar-refractivity contribution in [2.24, 2.45) is 10.9 Å². The quantitative estimate of drug-likeness (QED) is 0.817. The van der Waals surface area contributed by atoms with Gasteiger partial charge in [-0.1, -0.05) is 68.1 Å². The predicted octanol–water partition coefficient (Wildman–Crippen LogP) is 3.67. The second-order valence-corrected chi connectivity index (χ2v) is 8.92. The highest BCUT2D eigenvalue weighted by atomic mass is 32.2. The summed E-state index contributed by atoms with van der Waals surface area (Å²) in [4.78, 5) is 33.1. The van der Waals surface area contributed by atoms with E-state index in [1.165, 1.54) is 21.2 Å². The van der Waals surface area contributed by atoms with Gasteiger partial charge >= 0.3 is 6.03 Å². The monoisotopic (exact) mass is 410 g/mol. The molecule has 6 nitrogen and oxygen atoms in total. The molecule has 2 heterocycles. The van der Waals surface area contributed by atoms with Crippen LogP contribution in [0.3, 0.4) is 0 Å². The normalized spacial score (nSPS) is 21.6. The van der Waals surface area contributed by atoms with E-state index in [0.29, 0.717) is 5.92 Å². The lowest BCUT2D eigenvalue weighted by atomic mass is 10.1. The lowest BCUT2D eigenvalue weighted by Crippen LogP contribution is -2.63. The molecule has 0 radical (unpaired) electrons. The van der Waals surface area contributed by atoms with E-state index >= 15 is 0 Å². The molecule has 1 saturated heterocycles. The number of likely N-dealkylation sites (N-methyl/N-ethyl adjacent to an activating group) is 1. The summed E-state index contributed by atoms with van der Waals surface area (Å²) in [6.45, 7) is 5.09. The van der Waals surface area contributed by atoms with Crippen molar-refractivity contribution in [3.05, 3.63) is 48.0 Å². The molecule has 2 unspecified atom stereocenters. The number of carbonyl (C=O) groups is 2. The molecule has 29 heavy (non-hydrogen) atoms. The minimum absolute atomic E-state index is 0.258. The van der Waals surface area contributed by atoms with Gasteiger partial charge in [0.1, 0.15) is 0 Å². The molecule has 1 fully saturated rings. The van der Waals surface area contributed by atoms with Gasteiger partial charge < -0.3 is 9.80 Å². The second kappa shape index (κ2) is 8.06. The molecule has 0 aliphatic carbocycles. The van der Waals surface area contributed by atoms with E-state index in [4.69, 9.17) is 4.99 Å². The van der Waals surface area contributed by atoms with E-state index in [1.807, 2.05) is 6.07 Å². The van der Waals surface area contributed by atoms with Crippen molar-refractivity contribution in [1.29, 1.82) is 0 Å². The van der Waals surface area contributed by atoms with Crippen molar-refractivity contribution in [3.63, 3.8) is 0 Å². The average molecular weight is 411 g/mol. The first kappa shape index (κ1) is 19.8. The molecule has 4 rings (SSSR count). The van der Waals surface area contributed by atoms with Crippen molar-refractivity contribution in [3.8, 4) is 0 Å². The first-order valence-corrected chi connectivity index (χ1v) is 11.0. The SMILES string of the molecule is CC(C)CCN1C(SCc2cccc3ccccc23)=NC2C1C(=O)NC(=O)N2C. The van der Waals surface area contributed by atoms with Crippen LogP contribution in [0, 0.1) is 5.92 Å². The van der Waals surface area contributed by atoms with Crippen molar-refractivity contribution in [1.82, 2.24) is 15.1 Å². The summed E-state index contributed by atoms with van der Waals surface area (Å²) in [6, 6.07) is 13.8. The van der Waals surface area contributed by atoms with Crippen LogP contribution < -0.4 is 5.32 Å². The average Bonchev–Trinajstić information content (AvgIpc) is 3.08. The number of rotatable bonds is 5. The highest BCUT2D eigenvalue weighted by molar-refractivity contribution is 8.13. The summed E-state index contributed by atoms with van der Waals surface area (Å²) in [5.74, 6) is 1.02. The van der Waals surface area contributed by atoms with Crippen LogP contribution in [0.4, 0.5) is 4.79 Å². The number of hydrogen-bond acceptors (Lipinski definition) is 5. The molecule has 152 valence electrons. The second-order valence-electron chi connectivity index (χ2n) is 7.98. The van der Waals surface area contributed by atoms with Gasteiger partial charge in [0, 0.05) is 19.3 Å². The molecule has 2 aromatic rings. The fourth-order valence-corrected chi connectivity index (χ4v) is 4.90. The lowest BCUT2D eigenvalue weighted by Gasteiger charge is -2.36.